The third-order valence-corrected chi connectivity index (χ3v) is 4.62. The highest BCUT2D eigenvalue weighted by molar-refractivity contribution is 4.82. The molecule has 2 N–H and O–H groups in total. The first-order chi connectivity index (χ1) is 8.79. The maximum atomic E-state index is 6.14. The van der Waals surface area contributed by atoms with Gasteiger partial charge in [-0.05, 0) is 58.3 Å². The summed E-state index contributed by atoms with van der Waals surface area (Å²) in [6.45, 7) is 8.56. The van der Waals surface area contributed by atoms with E-state index in [9.17, 15) is 0 Å². The van der Waals surface area contributed by atoms with Crippen molar-refractivity contribution in [1.29, 1.82) is 0 Å². The second-order valence-electron chi connectivity index (χ2n) is 6.18. The maximum absolute atomic E-state index is 6.14. The van der Waals surface area contributed by atoms with Crippen molar-refractivity contribution in [3.8, 4) is 0 Å². The summed E-state index contributed by atoms with van der Waals surface area (Å²) in [6, 6.07) is 1.26. The van der Waals surface area contributed by atoms with Crippen LogP contribution in [0.15, 0.2) is 0 Å². The molecule has 0 aliphatic carbocycles. The zero-order valence-electron chi connectivity index (χ0n) is 12.1. The highest BCUT2D eigenvalue weighted by Gasteiger charge is 2.25. The lowest BCUT2D eigenvalue weighted by Gasteiger charge is -2.40. The molecule has 2 saturated heterocycles. The number of nitrogens with two attached hydrogens (primary N) is 1. The molecule has 0 saturated carbocycles. The molecule has 2 fully saturated rings. The van der Waals surface area contributed by atoms with E-state index in [4.69, 9.17) is 5.73 Å². The lowest BCUT2D eigenvalue weighted by atomic mass is 9.99. The van der Waals surface area contributed by atoms with Gasteiger partial charge in [0.1, 0.15) is 0 Å². The van der Waals surface area contributed by atoms with E-state index in [1.807, 2.05) is 0 Å². The number of nitrogens with zero attached hydrogens (tertiary/aromatic N) is 2. The summed E-state index contributed by atoms with van der Waals surface area (Å²) >= 11 is 0. The molecule has 0 aromatic heterocycles. The van der Waals surface area contributed by atoms with Gasteiger partial charge < -0.3 is 15.5 Å². The predicted molar refractivity (Wildman–Crippen MR) is 77.8 cm³/mol. The van der Waals surface area contributed by atoms with Gasteiger partial charge in [0, 0.05) is 18.6 Å². The second kappa shape index (κ2) is 7.46. The van der Waals surface area contributed by atoms with Crippen LogP contribution in [-0.4, -0.2) is 54.6 Å². The average Bonchev–Trinajstić information content (AvgIpc) is 2.41. The van der Waals surface area contributed by atoms with Gasteiger partial charge in [0.15, 0.2) is 0 Å². The van der Waals surface area contributed by atoms with Crippen molar-refractivity contribution in [3.05, 3.63) is 0 Å². The molecule has 0 bridgehead atoms. The van der Waals surface area contributed by atoms with Gasteiger partial charge in [0.05, 0.1) is 0 Å². The third-order valence-electron chi connectivity index (χ3n) is 4.62. The molecule has 2 rings (SSSR count). The van der Waals surface area contributed by atoms with E-state index in [2.05, 4.69) is 16.7 Å². The molecule has 0 amide bonds. The van der Waals surface area contributed by atoms with Crippen molar-refractivity contribution < 1.29 is 0 Å². The standard InChI is InChI=1S/C15H31N3/c1-2-6-14(16)13-17-11-7-15(8-12-17)18-9-4-3-5-10-18/h14-15H,2-13,16H2,1H3. The molecule has 3 nitrogen and oxygen atoms in total. The molecule has 0 aromatic carbocycles. The molecule has 0 spiro atoms. The number of likely N-dealkylation sites (tertiary alicyclic amines) is 2. The first-order valence-corrected chi connectivity index (χ1v) is 8.01. The van der Waals surface area contributed by atoms with Gasteiger partial charge in [-0.25, -0.2) is 0 Å². The fourth-order valence-electron chi connectivity index (χ4n) is 3.54. The lowest BCUT2D eigenvalue weighted by molar-refractivity contribution is 0.0896. The van der Waals surface area contributed by atoms with Crippen molar-refractivity contribution >= 4 is 0 Å². The van der Waals surface area contributed by atoms with E-state index in [0.717, 1.165) is 12.6 Å². The Morgan fingerprint density at radius 1 is 1.06 bits per heavy atom. The van der Waals surface area contributed by atoms with Gasteiger partial charge in [-0.2, -0.15) is 0 Å². The van der Waals surface area contributed by atoms with Crippen molar-refractivity contribution in [3.63, 3.8) is 0 Å². The van der Waals surface area contributed by atoms with Crippen LogP contribution >= 0.6 is 0 Å². The number of piperidine rings is 2. The molecule has 2 aliphatic heterocycles. The SMILES string of the molecule is CCCC(N)CN1CCC(N2CCCCC2)CC1. The van der Waals surface area contributed by atoms with Crippen molar-refractivity contribution in [2.75, 3.05) is 32.7 Å². The fraction of sp³-hybridized carbons (Fsp3) is 1.00. The Kier molecular flexibility index (Phi) is 5.93. The van der Waals surface area contributed by atoms with Crippen LogP contribution in [0.25, 0.3) is 0 Å². The minimum Gasteiger partial charge on any atom is -0.327 e. The Bertz CT molecular complexity index is 218. The molecule has 2 aliphatic rings. The van der Waals surface area contributed by atoms with Crippen LogP contribution in [-0.2, 0) is 0 Å². The van der Waals surface area contributed by atoms with E-state index in [-0.39, 0.29) is 0 Å². The Morgan fingerprint density at radius 2 is 1.72 bits per heavy atom. The first kappa shape index (κ1) is 14.3. The van der Waals surface area contributed by atoms with Gasteiger partial charge in [0.25, 0.3) is 0 Å². The van der Waals surface area contributed by atoms with Crippen molar-refractivity contribution in [2.45, 2.75) is 64.0 Å². The van der Waals surface area contributed by atoms with Gasteiger partial charge in [-0.15, -0.1) is 0 Å². The Balaban J connectivity index is 1.67. The first-order valence-electron chi connectivity index (χ1n) is 8.01. The summed E-state index contributed by atoms with van der Waals surface area (Å²) in [5, 5.41) is 0. The second-order valence-corrected chi connectivity index (χ2v) is 6.18. The van der Waals surface area contributed by atoms with E-state index in [1.54, 1.807) is 0 Å². The van der Waals surface area contributed by atoms with Crippen LogP contribution in [0.5, 0.6) is 0 Å². The van der Waals surface area contributed by atoms with Crippen LogP contribution in [0.3, 0.4) is 0 Å². The number of rotatable bonds is 5. The summed E-state index contributed by atoms with van der Waals surface area (Å²) < 4.78 is 0. The van der Waals surface area contributed by atoms with E-state index in [1.165, 1.54) is 71.1 Å². The van der Waals surface area contributed by atoms with Gasteiger partial charge >= 0.3 is 0 Å². The number of hydrogen-bond acceptors (Lipinski definition) is 3. The van der Waals surface area contributed by atoms with E-state index in [0.29, 0.717) is 6.04 Å². The Hall–Kier alpha value is -0.120. The predicted octanol–water partition coefficient (Wildman–Crippen LogP) is 2.06. The molecule has 18 heavy (non-hydrogen) atoms. The van der Waals surface area contributed by atoms with E-state index >= 15 is 0 Å². The Labute approximate surface area is 113 Å². The fourth-order valence-corrected chi connectivity index (χ4v) is 3.54. The molecule has 1 unspecified atom stereocenters. The van der Waals surface area contributed by atoms with Gasteiger partial charge in [-0.3, -0.25) is 0 Å². The van der Waals surface area contributed by atoms with Gasteiger partial charge in [-0.1, -0.05) is 19.8 Å². The highest BCUT2D eigenvalue weighted by Crippen LogP contribution is 2.20. The molecular formula is C15H31N3. The number of hydrogen-bond donors (Lipinski definition) is 1. The topological polar surface area (TPSA) is 32.5 Å². The summed E-state index contributed by atoms with van der Waals surface area (Å²) in [5.41, 5.74) is 6.14. The molecule has 0 aromatic rings. The minimum atomic E-state index is 0.390. The average molecular weight is 253 g/mol. The molecule has 106 valence electrons. The normalized spacial score (nSPS) is 26.3. The summed E-state index contributed by atoms with van der Waals surface area (Å²) in [7, 11) is 0. The summed E-state index contributed by atoms with van der Waals surface area (Å²) in [5.74, 6) is 0. The Morgan fingerprint density at radius 3 is 2.33 bits per heavy atom. The van der Waals surface area contributed by atoms with Gasteiger partial charge in [0.2, 0.25) is 0 Å². The van der Waals surface area contributed by atoms with Crippen molar-refractivity contribution in [2.24, 2.45) is 5.73 Å². The lowest BCUT2D eigenvalue weighted by Crippen LogP contribution is -2.49. The van der Waals surface area contributed by atoms with Crippen LogP contribution in [0.1, 0.15) is 51.9 Å². The van der Waals surface area contributed by atoms with E-state index < -0.39 is 0 Å². The third kappa shape index (κ3) is 4.22. The maximum Gasteiger partial charge on any atom is 0.0167 e. The molecule has 2 heterocycles. The highest BCUT2D eigenvalue weighted by atomic mass is 15.2. The molecular weight excluding hydrogens is 222 g/mol. The molecule has 3 heteroatoms. The monoisotopic (exact) mass is 253 g/mol. The van der Waals surface area contributed by atoms with Crippen LogP contribution in [0, 0.1) is 0 Å². The zero-order chi connectivity index (χ0) is 12.8. The van der Waals surface area contributed by atoms with Crippen LogP contribution < -0.4 is 5.73 Å². The molecule has 1 atom stereocenters. The smallest absolute Gasteiger partial charge is 0.0167 e. The van der Waals surface area contributed by atoms with Crippen molar-refractivity contribution in [1.82, 2.24) is 9.80 Å². The largest absolute Gasteiger partial charge is 0.327 e. The molecule has 0 radical (unpaired) electrons. The summed E-state index contributed by atoms with van der Waals surface area (Å²) in [6.07, 6.45) is 9.39. The zero-order valence-corrected chi connectivity index (χ0v) is 12.1. The quantitative estimate of drug-likeness (QED) is 0.814. The van der Waals surface area contributed by atoms with Crippen LogP contribution in [0.2, 0.25) is 0 Å². The minimum absolute atomic E-state index is 0.390. The van der Waals surface area contributed by atoms with Crippen LogP contribution in [0.4, 0.5) is 0 Å². The summed E-state index contributed by atoms with van der Waals surface area (Å²) in [4.78, 5) is 5.33.